The summed E-state index contributed by atoms with van der Waals surface area (Å²) in [5.74, 6) is -0.126. The molecule has 1 saturated carbocycles. The van der Waals surface area contributed by atoms with Gasteiger partial charge in [0.25, 0.3) is 0 Å². The van der Waals surface area contributed by atoms with Crippen LogP contribution in [-0.4, -0.2) is 42.9 Å². The third kappa shape index (κ3) is 5.19. The van der Waals surface area contributed by atoms with E-state index in [2.05, 4.69) is 10.6 Å². The standard InChI is InChI=1S/C16H23N3O2/c1-11-4-5-14(8-12(11)2)18-16(21)10-19(3)9-15(20)17-13-6-7-13/h4-5,8,13H,6-7,9-10H2,1-3H3,(H,17,20)(H,18,21). The second-order valence-electron chi connectivity index (χ2n) is 5.86. The summed E-state index contributed by atoms with van der Waals surface area (Å²) in [6.07, 6.45) is 2.14. The van der Waals surface area contributed by atoms with Crippen LogP contribution in [0.25, 0.3) is 0 Å². The molecule has 1 aromatic carbocycles. The van der Waals surface area contributed by atoms with E-state index in [0.29, 0.717) is 6.04 Å². The second-order valence-corrected chi connectivity index (χ2v) is 5.86. The highest BCUT2D eigenvalue weighted by molar-refractivity contribution is 5.92. The number of nitrogens with one attached hydrogen (secondary N) is 2. The molecule has 2 rings (SSSR count). The number of nitrogens with zero attached hydrogens (tertiary/aromatic N) is 1. The van der Waals surface area contributed by atoms with Crippen LogP contribution in [0.1, 0.15) is 24.0 Å². The Morgan fingerprint density at radius 2 is 1.81 bits per heavy atom. The maximum atomic E-state index is 12.0. The number of likely N-dealkylation sites (N-methyl/N-ethyl adjacent to an activating group) is 1. The van der Waals surface area contributed by atoms with E-state index < -0.39 is 0 Å². The number of aryl methyl sites for hydroxylation is 2. The molecule has 0 unspecified atom stereocenters. The lowest BCUT2D eigenvalue weighted by molar-refractivity contribution is -0.123. The van der Waals surface area contributed by atoms with Gasteiger partial charge in [-0.2, -0.15) is 0 Å². The summed E-state index contributed by atoms with van der Waals surface area (Å²) in [6.45, 7) is 4.49. The molecule has 114 valence electrons. The van der Waals surface area contributed by atoms with Crippen LogP contribution in [0, 0.1) is 13.8 Å². The number of carbonyl (C=O) groups excluding carboxylic acids is 2. The smallest absolute Gasteiger partial charge is 0.238 e. The van der Waals surface area contributed by atoms with E-state index in [1.165, 1.54) is 5.56 Å². The summed E-state index contributed by atoms with van der Waals surface area (Å²) < 4.78 is 0. The van der Waals surface area contributed by atoms with Crippen LogP contribution in [0.15, 0.2) is 18.2 Å². The van der Waals surface area contributed by atoms with Crippen LogP contribution >= 0.6 is 0 Å². The maximum Gasteiger partial charge on any atom is 0.238 e. The molecule has 5 nitrogen and oxygen atoms in total. The fourth-order valence-electron chi connectivity index (χ4n) is 2.07. The van der Waals surface area contributed by atoms with Crippen LogP contribution in [0.2, 0.25) is 0 Å². The highest BCUT2D eigenvalue weighted by atomic mass is 16.2. The highest BCUT2D eigenvalue weighted by Crippen LogP contribution is 2.18. The molecular weight excluding hydrogens is 266 g/mol. The van der Waals surface area contributed by atoms with Crippen molar-refractivity contribution in [1.82, 2.24) is 10.2 Å². The van der Waals surface area contributed by atoms with E-state index in [4.69, 9.17) is 0 Å². The van der Waals surface area contributed by atoms with Gasteiger partial charge in [0.15, 0.2) is 0 Å². The molecule has 0 heterocycles. The number of benzene rings is 1. The largest absolute Gasteiger partial charge is 0.352 e. The van der Waals surface area contributed by atoms with Gasteiger partial charge in [0.2, 0.25) is 11.8 Å². The lowest BCUT2D eigenvalue weighted by Gasteiger charge is -2.16. The van der Waals surface area contributed by atoms with Gasteiger partial charge in [0.05, 0.1) is 13.1 Å². The van der Waals surface area contributed by atoms with Gasteiger partial charge in [0.1, 0.15) is 0 Å². The van der Waals surface area contributed by atoms with Crippen molar-refractivity contribution in [3.8, 4) is 0 Å². The first-order chi connectivity index (χ1) is 9.94. The molecule has 2 N–H and O–H groups in total. The third-order valence-electron chi connectivity index (χ3n) is 3.56. The molecule has 0 aromatic heterocycles. The van der Waals surface area contributed by atoms with Crippen molar-refractivity contribution >= 4 is 17.5 Å². The van der Waals surface area contributed by atoms with Crippen LogP contribution in [0.4, 0.5) is 5.69 Å². The Labute approximate surface area is 125 Å². The van der Waals surface area contributed by atoms with E-state index in [1.54, 1.807) is 11.9 Å². The van der Waals surface area contributed by atoms with E-state index in [0.717, 1.165) is 24.1 Å². The monoisotopic (exact) mass is 289 g/mol. The number of rotatable bonds is 6. The molecule has 0 bridgehead atoms. The molecule has 0 atom stereocenters. The number of carbonyl (C=O) groups is 2. The minimum Gasteiger partial charge on any atom is -0.352 e. The van der Waals surface area contributed by atoms with Crippen LogP contribution < -0.4 is 10.6 Å². The SMILES string of the molecule is Cc1ccc(NC(=O)CN(C)CC(=O)NC2CC2)cc1C. The first-order valence-electron chi connectivity index (χ1n) is 7.29. The minimum absolute atomic E-state index is 0.0148. The van der Waals surface area contributed by atoms with Crippen molar-refractivity contribution in [2.75, 3.05) is 25.5 Å². The van der Waals surface area contributed by atoms with Crippen molar-refractivity contribution in [1.29, 1.82) is 0 Å². The fraction of sp³-hybridized carbons (Fsp3) is 0.500. The summed E-state index contributed by atoms with van der Waals surface area (Å²) in [5, 5.41) is 5.76. The Morgan fingerprint density at radius 1 is 1.14 bits per heavy atom. The van der Waals surface area contributed by atoms with E-state index in [9.17, 15) is 9.59 Å². The van der Waals surface area contributed by atoms with E-state index >= 15 is 0 Å². The molecule has 0 saturated heterocycles. The number of anilines is 1. The van der Waals surface area contributed by atoms with Crippen molar-refractivity contribution in [3.05, 3.63) is 29.3 Å². The summed E-state index contributed by atoms with van der Waals surface area (Å²) in [7, 11) is 1.77. The normalized spacial score (nSPS) is 14.1. The van der Waals surface area contributed by atoms with Crippen LogP contribution in [0.3, 0.4) is 0 Å². The summed E-state index contributed by atoms with van der Waals surface area (Å²) >= 11 is 0. The van der Waals surface area contributed by atoms with Gasteiger partial charge >= 0.3 is 0 Å². The first-order valence-corrected chi connectivity index (χ1v) is 7.29. The molecule has 1 fully saturated rings. The zero-order valence-corrected chi connectivity index (χ0v) is 12.9. The lowest BCUT2D eigenvalue weighted by Crippen LogP contribution is -2.39. The average molecular weight is 289 g/mol. The van der Waals surface area contributed by atoms with Crippen molar-refractivity contribution in [2.45, 2.75) is 32.7 Å². The molecular formula is C16H23N3O2. The van der Waals surface area contributed by atoms with Gasteiger partial charge < -0.3 is 10.6 Å². The Morgan fingerprint density at radius 3 is 2.43 bits per heavy atom. The van der Waals surface area contributed by atoms with Crippen LogP contribution in [0.5, 0.6) is 0 Å². The molecule has 1 aliphatic carbocycles. The number of amides is 2. The van der Waals surface area contributed by atoms with E-state index in [-0.39, 0.29) is 24.9 Å². The molecule has 2 amide bonds. The molecule has 1 aliphatic rings. The Bertz CT molecular complexity index is 538. The molecule has 0 aliphatic heterocycles. The fourth-order valence-corrected chi connectivity index (χ4v) is 2.07. The lowest BCUT2D eigenvalue weighted by atomic mass is 10.1. The maximum absolute atomic E-state index is 12.0. The van der Waals surface area contributed by atoms with Crippen molar-refractivity contribution < 1.29 is 9.59 Å². The number of hydrogen-bond acceptors (Lipinski definition) is 3. The summed E-state index contributed by atoms with van der Waals surface area (Å²) in [6, 6.07) is 6.18. The van der Waals surface area contributed by atoms with E-state index in [1.807, 2.05) is 32.0 Å². The molecule has 0 radical (unpaired) electrons. The molecule has 1 aromatic rings. The highest BCUT2D eigenvalue weighted by Gasteiger charge is 2.23. The molecule has 5 heteroatoms. The summed E-state index contributed by atoms with van der Waals surface area (Å²) in [5.41, 5.74) is 3.13. The van der Waals surface area contributed by atoms with Crippen molar-refractivity contribution in [3.63, 3.8) is 0 Å². The number of hydrogen-bond donors (Lipinski definition) is 2. The predicted octanol–water partition coefficient (Wildman–Crippen LogP) is 1.45. The van der Waals surface area contributed by atoms with Gasteiger partial charge in [-0.05, 0) is 57.0 Å². The molecule has 21 heavy (non-hydrogen) atoms. The van der Waals surface area contributed by atoms with Gasteiger partial charge in [-0.3, -0.25) is 14.5 Å². The predicted molar refractivity (Wildman–Crippen MR) is 83.2 cm³/mol. The Hall–Kier alpha value is -1.88. The Balaban J connectivity index is 1.77. The van der Waals surface area contributed by atoms with Gasteiger partial charge in [0, 0.05) is 11.7 Å². The van der Waals surface area contributed by atoms with Crippen LogP contribution in [-0.2, 0) is 9.59 Å². The third-order valence-corrected chi connectivity index (χ3v) is 3.56. The zero-order valence-electron chi connectivity index (χ0n) is 12.9. The topological polar surface area (TPSA) is 61.4 Å². The Kier molecular flexibility index (Phi) is 4.96. The van der Waals surface area contributed by atoms with Crippen molar-refractivity contribution in [2.24, 2.45) is 0 Å². The quantitative estimate of drug-likeness (QED) is 0.833. The minimum atomic E-state index is -0.111. The van der Waals surface area contributed by atoms with Gasteiger partial charge in [-0.1, -0.05) is 6.07 Å². The first kappa shape index (κ1) is 15.5. The average Bonchev–Trinajstić information content (AvgIpc) is 3.17. The zero-order chi connectivity index (χ0) is 15.4. The summed E-state index contributed by atoms with van der Waals surface area (Å²) in [4.78, 5) is 25.3. The molecule has 0 spiro atoms. The second kappa shape index (κ2) is 6.72. The van der Waals surface area contributed by atoms with Gasteiger partial charge in [-0.15, -0.1) is 0 Å². The van der Waals surface area contributed by atoms with Gasteiger partial charge in [-0.25, -0.2) is 0 Å².